The van der Waals surface area contributed by atoms with Crippen LogP contribution in [0.5, 0.6) is 0 Å². The van der Waals surface area contributed by atoms with Crippen LogP contribution in [0.3, 0.4) is 0 Å². The van der Waals surface area contributed by atoms with Crippen LogP contribution in [-0.4, -0.2) is 12.6 Å². The molecule has 0 saturated carbocycles. The van der Waals surface area contributed by atoms with Gasteiger partial charge in [-0.2, -0.15) is 5.26 Å². The number of ether oxygens (including phenoxy) is 1. The van der Waals surface area contributed by atoms with Crippen LogP contribution in [-0.2, 0) is 9.53 Å². The summed E-state index contributed by atoms with van der Waals surface area (Å²) >= 11 is 0. The summed E-state index contributed by atoms with van der Waals surface area (Å²) in [5.74, 6) is -0.398. The van der Waals surface area contributed by atoms with E-state index in [1.54, 1.807) is 31.2 Å². The van der Waals surface area contributed by atoms with Crippen LogP contribution in [0.1, 0.15) is 18.1 Å². The molecule has 0 bridgehead atoms. The van der Waals surface area contributed by atoms with Gasteiger partial charge in [-0.1, -0.05) is 6.07 Å². The van der Waals surface area contributed by atoms with Gasteiger partial charge >= 0.3 is 5.97 Å². The Morgan fingerprint density at radius 2 is 2.38 bits per heavy atom. The minimum absolute atomic E-state index is 0.346. The van der Waals surface area contributed by atoms with E-state index in [0.717, 1.165) is 5.56 Å². The number of hydrogen-bond acceptors (Lipinski definition) is 4. The zero-order chi connectivity index (χ0) is 12.0. The summed E-state index contributed by atoms with van der Waals surface area (Å²) in [4.78, 5) is 11.0. The van der Waals surface area contributed by atoms with Gasteiger partial charge in [-0.3, -0.25) is 0 Å². The number of benzene rings is 1. The summed E-state index contributed by atoms with van der Waals surface area (Å²) < 4.78 is 4.73. The second-order valence-corrected chi connectivity index (χ2v) is 3.04. The van der Waals surface area contributed by atoms with E-state index in [4.69, 9.17) is 15.7 Å². The van der Waals surface area contributed by atoms with Gasteiger partial charge in [-0.25, -0.2) is 4.79 Å². The highest BCUT2D eigenvalue weighted by molar-refractivity contribution is 5.87. The highest BCUT2D eigenvalue weighted by Crippen LogP contribution is 2.14. The molecule has 0 aliphatic heterocycles. The molecule has 16 heavy (non-hydrogen) atoms. The van der Waals surface area contributed by atoms with E-state index < -0.39 is 5.97 Å². The van der Waals surface area contributed by atoms with Crippen LogP contribution in [0, 0.1) is 11.3 Å². The van der Waals surface area contributed by atoms with E-state index in [9.17, 15) is 4.79 Å². The molecular weight excluding hydrogens is 204 g/mol. The molecular formula is C12H12N2O2. The monoisotopic (exact) mass is 216 g/mol. The molecule has 1 aromatic carbocycles. The largest absolute Gasteiger partial charge is 0.463 e. The van der Waals surface area contributed by atoms with Crippen molar-refractivity contribution < 1.29 is 9.53 Å². The second kappa shape index (κ2) is 5.56. The highest BCUT2D eigenvalue weighted by Gasteiger charge is 1.98. The van der Waals surface area contributed by atoms with Crippen LogP contribution in [0.4, 0.5) is 5.69 Å². The molecule has 4 nitrogen and oxygen atoms in total. The van der Waals surface area contributed by atoms with Crippen LogP contribution in [0.2, 0.25) is 0 Å². The predicted molar refractivity (Wildman–Crippen MR) is 61.2 cm³/mol. The zero-order valence-corrected chi connectivity index (χ0v) is 8.93. The van der Waals surface area contributed by atoms with Gasteiger partial charge < -0.3 is 10.5 Å². The van der Waals surface area contributed by atoms with E-state index in [1.165, 1.54) is 6.08 Å². The lowest BCUT2D eigenvalue weighted by atomic mass is 10.1. The minimum atomic E-state index is -0.398. The number of esters is 1. The maximum atomic E-state index is 11.0. The quantitative estimate of drug-likeness (QED) is 0.474. The normalized spacial score (nSPS) is 10.0. The summed E-state index contributed by atoms with van der Waals surface area (Å²) in [5, 5.41) is 8.68. The Morgan fingerprint density at radius 3 is 2.94 bits per heavy atom. The number of carbonyl (C=O) groups excluding carboxylic acids is 1. The number of anilines is 1. The Hall–Kier alpha value is -2.28. The molecule has 0 radical (unpaired) electrons. The number of nitrogens with zero attached hydrogens (tertiary/aromatic N) is 1. The number of rotatable bonds is 3. The molecule has 0 aromatic heterocycles. The van der Waals surface area contributed by atoms with Gasteiger partial charge in [0.25, 0.3) is 0 Å². The maximum Gasteiger partial charge on any atom is 0.330 e. The Balaban J connectivity index is 2.80. The van der Waals surface area contributed by atoms with Crippen molar-refractivity contribution in [3.05, 3.63) is 35.4 Å². The van der Waals surface area contributed by atoms with Gasteiger partial charge in [0.15, 0.2) is 0 Å². The number of hydrogen-bond donors (Lipinski definition) is 1. The van der Waals surface area contributed by atoms with E-state index in [-0.39, 0.29) is 0 Å². The third-order valence-electron chi connectivity index (χ3n) is 1.89. The van der Waals surface area contributed by atoms with Crippen molar-refractivity contribution in [2.75, 3.05) is 12.3 Å². The fourth-order valence-corrected chi connectivity index (χ4v) is 1.14. The molecule has 82 valence electrons. The first kappa shape index (κ1) is 11.8. The first-order valence-electron chi connectivity index (χ1n) is 4.82. The smallest absolute Gasteiger partial charge is 0.330 e. The average molecular weight is 216 g/mol. The van der Waals surface area contributed by atoms with Gasteiger partial charge in [0.1, 0.15) is 6.07 Å². The second-order valence-electron chi connectivity index (χ2n) is 3.04. The SMILES string of the molecule is CCOC(=O)C=Cc1ccc(C#N)c(N)c1. The third kappa shape index (κ3) is 3.14. The van der Waals surface area contributed by atoms with Crippen LogP contribution < -0.4 is 5.73 Å². The number of nitrogens with two attached hydrogens (primary N) is 1. The van der Waals surface area contributed by atoms with Crippen LogP contribution >= 0.6 is 0 Å². The fourth-order valence-electron chi connectivity index (χ4n) is 1.14. The Labute approximate surface area is 93.9 Å². The van der Waals surface area contributed by atoms with Crippen molar-refractivity contribution in [3.63, 3.8) is 0 Å². The van der Waals surface area contributed by atoms with Crippen LogP contribution in [0.15, 0.2) is 24.3 Å². The van der Waals surface area contributed by atoms with Gasteiger partial charge in [0.2, 0.25) is 0 Å². The first-order chi connectivity index (χ1) is 7.67. The lowest BCUT2D eigenvalue weighted by molar-refractivity contribution is -0.137. The van der Waals surface area contributed by atoms with E-state index >= 15 is 0 Å². The summed E-state index contributed by atoms with van der Waals surface area (Å²) in [6.45, 7) is 2.09. The van der Waals surface area contributed by atoms with Gasteiger partial charge in [-0.15, -0.1) is 0 Å². The molecule has 0 spiro atoms. The molecule has 2 N–H and O–H groups in total. The van der Waals surface area contributed by atoms with Crippen molar-refractivity contribution in [1.29, 1.82) is 5.26 Å². The average Bonchev–Trinajstić information content (AvgIpc) is 2.27. The number of nitrogen functional groups attached to an aromatic ring is 1. The lowest BCUT2D eigenvalue weighted by Gasteiger charge is -1.99. The maximum absolute atomic E-state index is 11.0. The highest BCUT2D eigenvalue weighted by atomic mass is 16.5. The minimum Gasteiger partial charge on any atom is -0.463 e. The van der Waals surface area contributed by atoms with Crippen molar-refractivity contribution >= 4 is 17.7 Å². The molecule has 0 saturated heterocycles. The van der Waals surface area contributed by atoms with Gasteiger partial charge in [0, 0.05) is 6.08 Å². The van der Waals surface area contributed by atoms with E-state index in [0.29, 0.717) is 17.9 Å². The zero-order valence-electron chi connectivity index (χ0n) is 8.93. The number of carbonyl (C=O) groups is 1. The summed E-state index contributed by atoms with van der Waals surface area (Å²) in [6, 6.07) is 6.92. The molecule has 0 heterocycles. The molecule has 4 heteroatoms. The van der Waals surface area contributed by atoms with Crippen molar-refractivity contribution in [1.82, 2.24) is 0 Å². The molecule has 1 aromatic rings. The molecule has 0 amide bonds. The molecule has 0 fully saturated rings. The predicted octanol–water partition coefficient (Wildman–Crippen LogP) is 1.72. The fraction of sp³-hybridized carbons (Fsp3) is 0.167. The van der Waals surface area contributed by atoms with Gasteiger partial charge in [-0.05, 0) is 30.7 Å². The molecule has 0 aliphatic carbocycles. The van der Waals surface area contributed by atoms with E-state index in [1.807, 2.05) is 6.07 Å². The first-order valence-corrected chi connectivity index (χ1v) is 4.82. The number of nitriles is 1. The van der Waals surface area contributed by atoms with E-state index in [2.05, 4.69) is 0 Å². The summed E-state index contributed by atoms with van der Waals surface area (Å²) in [7, 11) is 0. The third-order valence-corrected chi connectivity index (χ3v) is 1.89. The van der Waals surface area contributed by atoms with Crippen molar-refractivity contribution in [2.45, 2.75) is 6.92 Å². The van der Waals surface area contributed by atoms with Crippen molar-refractivity contribution in [3.8, 4) is 6.07 Å². The van der Waals surface area contributed by atoms with Crippen LogP contribution in [0.25, 0.3) is 6.08 Å². The molecule has 0 aliphatic rings. The topological polar surface area (TPSA) is 76.1 Å². The standard InChI is InChI=1S/C12H12N2O2/c1-2-16-12(15)6-4-9-3-5-10(8-13)11(14)7-9/h3-7H,2,14H2,1H3. The van der Waals surface area contributed by atoms with Gasteiger partial charge in [0.05, 0.1) is 17.9 Å². The Morgan fingerprint density at radius 1 is 1.62 bits per heavy atom. The molecule has 0 unspecified atom stereocenters. The summed E-state index contributed by atoms with van der Waals surface area (Å²) in [6.07, 6.45) is 2.92. The molecule has 0 atom stereocenters. The molecule has 1 rings (SSSR count). The Bertz CT molecular complexity index is 459. The Kier molecular flexibility index (Phi) is 4.10. The summed E-state index contributed by atoms with van der Waals surface area (Å²) in [5.41, 5.74) is 7.20. The van der Waals surface area contributed by atoms with Crippen molar-refractivity contribution in [2.24, 2.45) is 0 Å². The lowest BCUT2D eigenvalue weighted by Crippen LogP contribution is -1.98.